The van der Waals surface area contributed by atoms with E-state index in [1.165, 1.54) is 111 Å². The fraction of sp³-hybridized carbons (Fsp3) is 0.0462. The van der Waals surface area contributed by atoms with Crippen LogP contribution in [-0.2, 0) is 0 Å². The molecule has 2 aliphatic rings. The molecule has 2 nitrogen and oxygen atoms in total. The minimum absolute atomic E-state index is 0.236. The highest BCUT2D eigenvalue weighted by Gasteiger charge is 2.26. The van der Waals surface area contributed by atoms with Crippen LogP contribution < -0.4 is 5.32 Å². The Balaban J connectivity index is 0.828. The topological polar surface area (TPSA) is 17.0 Å². The number of rotatable bonds is 7. The summed E-state index contributed by atoms with van der Waals surface area (Å²) in [7, 11) is 0. The smallest absolute Gasteiger partial charge is 0.0619 e. The zero-order valence-electron chi connectivity index (χ0n) is 37.2. The Morgan fingerprint density at radius 3 is 1.82 bits per heavy atom. The van der Waals surface area contributed by atoms with Gasteiger partial charge >= 0.3 is 0 Å². The fourth-order valence-electron chi connectivity index (χ4n) is 10.9. The summed E-state index contributed by atoms with van der Waals surface area (Å²) in [5.41, 5.74) is 22.0. The molecule has 1 aliphatic heterocycles. The second kappa shape index (κ2) is 15.9. The Kier molecular flexibility index (Phi) is 9.25. The quantitative estimate of drug-likeness (QED) is 0.169. The molecule has 1 aromatic heterocycles. The number of benzene rings is 10. The van der Waals surface area contributed by atoms with Crippen molar-refractivity contribution in [1.29, 1.82) is 0 Å². The molecule has 1 aliphatic carbocycles. The molecule has 0 bridgehead atoms. The van der Waals surface area contributed by atoms with Crippen molar-refractivity contribution in [3.63, 3.8) is 0 Å². The van der Waals surface area contributed by atoms with Crippen LogP contribution in [-0.4, -0.2) is 4.57 Å². The summed E-state index contributed by atoms with van der Waals surface area (Å²) in [6.07, 6.45) is 7.25. The number of nitrogens with one attached hydrogen (secondary N) is 1. The van der Waals surface area contributed by atoms with Gasteiger partial charge in [-0.05, 0) is 121 Å². The third-order valence-electron chi connectivity index (χ3n) is 14.2. The highest BCUT2D eigenvalue weighted by molar-refractivity contribution is 6.17. The zero-order valence-corrected chi connectivity index (χ0v) is 37.2. The molecule has 2 heteroatoms. The first-order valence-corrected chi connectivity index (χ1v) is 23.4. The average molecular weight is 855 g/mol. The van der Waals surface area contributed by atoms with E-state index in [2.05, 4.69) is 259 Å². The molecule has 0 amide bonds. The van der Waals surface area contributed by atoms with Gasteiger partial charge in [-0.2, -0.15) is 0 Å². The van der Waals surface area contributed by atoms with Gasteiger partial charge in [0.1, 0.15) is 0 Å². The maximum absolute atomic E-state index is 3.82. The van der Waals surface area contributed by atoms with E-state index in [-0.39, 0.29) is 5.92 Å². The van der Waals surface area contributed by atoms with Crippen LogP contribution in [0.15, 0.2) is 243 Å². The Morgan fingerprint density at radius 2 is 1.04 bits per heavy atom. The predicted molar refractivity (Wildman–Crippen MR) is 284 cm³/mol. The molecule has 2 unspecified atom stereocenters. The van der Waals surface area contributed by atoms with Crippen LogP contribution in [0.3, 0.4) is 0 Å². The van der Waals surface area contributed by atoms with E-state index < -0.39 is 0 Å². The molecule has 0 fully saturated rings. The summed E-state index contributed by atoms with van der Waals surface area (Å²) in [6.45, 7) is 2.36. The van der Waals surface area contributed by atoms with Crippen molar-refractivity contribution < 1.29 is 0 Å². The van der Waals surface area contributed by atoms with Crippen molar-refractivity contribution in [2.45, 2.75) is 12.8 Å². The minimum Gasteiger partial charge on any atom is -0.355 e. The van der Waals surface area contributed by atoms with E-state index in [1.807, 2.05) is 0 Å². The molecule has 1 N–H and O–H groups in total. The second-order valence-corrected chi connectivity index (χ2v) is 18.2. The van der Waals surface area contributed by atoms with Crippen molar-refractivity contribution in [3.8, 4) is 61.3 Å². The van der Waals surface area contributed by atoms with Crippen LogP contribution in [0.5, 0.6) is 0 Å². The van der Waals surface area contributed by atoms with E-state index in [0.29, 0.717) is 5.92 Å². The standard InChI is InChI=1S/C65H46N2/c1-42-36-50(51-32-35-63-61(39-51)58-25-13-24-57-55-22-10-11-23-56(55)60-38-48-18-8-9-19-49(48)41-64(60)67(63)65(57)58)30-33-54(42)52-31-34-62(59(40-52)46-16-6-3-7-17-46)66-53-21-12-20-47(37-53)45-28-26-44(27-29-45)43-14-4-2-5-15-43/h2-42,54,66H,1H3. The van der Waals surface area contributed by atoms with Gasteiger partial charge in [0.2, 0.25) is 0 Å². The molecular weight excluding hydrogens is 809 g/mol. The van der Waals surface area contributed by atoms with Gasteiger partial charge in [0.05, 0.1) is 16.7 Å². The summed E-state index contributed by atoms with van der Waals surface area (Å²) in [4.78, 5) is 0. The first-order valence-electron chi connectivity index (χ1n) is 23.4. The molecule has 11 aromatic rings. The molecule has 0 radical (unpaired) electrons. The number of aromatic nitrogens is 1. The van der Waals surface area contributed by atoms with Gasteiger partial charge < -0.3 is 9.88 Å². The normalized spacial score (nSPS) is 15.0. The monoisotopic (exact) mass is 854 g/mol. The van der Waals surface area contributed by atoms with Gasteiger partial charge in [-0.3, -0.25) is 0 Å². The summed E-state index contributed by atoms with van der Waals surface area (Å²) in [5.74, 6) is 0.526. The summed E-state index contributed by atoms with van der Waals surface area (Å²) >= 11 is 0. The lowest BCUT2D eigenvalue weighted by atomic mass is 9.80. The Labute approximate surface area is 391 Å². The molecule has 67 heavy (non-hydrogen) atoms. The number of para-hydroxylation sites is 1. The largest absolute Gasteiger partial charge is 0.355 e. The van der Waals surface area contributed by atoms with Crippen LogP contribution in [0.1, 0.15) is 24.0 Å². The Morgan fingerprint density at radius 1 is 0.418 bits per heavy atom. The number of nitrogens with zero attached hydrogens (tertiary/aromatic N) is 1. The van der Waals surface area contributed by atoms with Gasteiger partial charge in [-0.25, -0.2) is 0 Å². The third kappa shape index (κ3) is 6.72. The maximum atomic E-state index is 3.82. The lowest BCUT2D eigenvalue weighted by Crippen LogP contribution is -2.09. The van der Waals surface area contributed by atoms with Gasteiger partial charge in [0.25, 0.3) is 0 Å². The lowest BCUT2D eigenvalue weighted by molar-refractivity contribution is 0.638. The van der Waals surface area contributed by atoms with Crippen molar-refractivity contribution >= 4 is 49.5 Å². The first-order chi connectivity index (χ1) is 33.1. The number of hydrogen-bond donors (Lipinski definition) is 1. The summed E-state index contributed by atoms with van der Waals surface area (Å²) in [6, 6.07) is 82.3. The summed E-state index contributed by atoms with van der Waals surface area (Å²) < 4.78 is 2.53. The molecule has 2 heterocycles. The molecule has 13 rings (SSSR count). The van der Waals surface area contributed by atoms with Gasteiger partial charge in [-0.1, -0.05) is 201 Å². The van der Waals surface area contributed by atoms with Crippen molar-refractivity contribution in [1.82, 2.24) is 4.57 Å². The zero-order chi connectivity index (χ0) is 44.4. The number of fused-ring (bicyclic) bond motifs is 9. The van der Waals surface area contributed by atoms with Gasteiger partial charge in [0.15, 0.2) is 0 Å². The predicted octanol–water partition coefficient (Wildman–Crippen LogP) is 17.7. The summed E-state index contributed by atoms with van der Waals surface area (Å²) in [5, 5.41) is 8.88. The van der Waals surface area contributed by atoms with E-state index in [0.717, 1.165) is 11.4 Å². The second-order valence-electron chi connectivity index (χ2n) is 18.2. The number of hydrogen-bond acceptors (Lipinski definition) is 1. The molecule has 0 saturated carbocycles. The fourth-order valence-corrected chi connectivity index (χ4v) is 10.9. The molecular formula is C65H46N2. The maximum Gasteiger partial charge on any atom is 0.0619 e. The minimum atomic E-state index is 0.236. The van der Waals surface area contributed by atoms with Crippen LogP contribution in [0.25, 0.3) is 99.5 Å². The molecule has 10 aromatic carbocycles. The van der Waals surface area contributed by atoms with E-state index in [1.54, 1.807) is 0 Å². The highest BCUT2D eigenvalue weighted by atomic mass is 15.0. The van der Waals surface area contributed by atoms with E-state index in [9.17, 15) is 0 Å². The molecule has 0 spiro atoms. The van der Waals surface area contributed by atoms with E-state index >= 15 is 0 Å². The van der Waals surface area contributed by atoms with Crippen molar-refractivity contribution in [2.24, 2.45) is 5.92 Å². The number of anilines is 2. The highest BCUT2D eigenvalue weighted by Crippen LogP contribution is 2.48. The molecule has 0 saturated heterocycles. The van der Waals surface area contributed by atoms with Gasteiger partial charge in [0, 0.05) is 44.8 Å². The van der Waals surface area contributed by atoms with Crippen LogP contribution in [0.2, 0.25) is 0 Å². The van der Waals surface area contributed by atoms with Crippen LogP contribution in [0, 0.1) is 5.92 Å². The third-order valence-corrected chi connectivity index (χ3v) is 14.2. The molecule has 316 valence electrons. The Hall–Kier alpha value is -8.46. The Bertz CT molecular complexity index is 3780. The lowest BCUT2D eigenvalue weighted by Gasteiger charge is -2.25. The first kappa shape index (κ1) is 39.0. The average Bonchev–Trinajstić information content (AvgIpc) is 3.67. The van der Waals surface area contributed by atoms with Crippen molar-refractivity contribution in [3.05, 3.63) is 254 Å². The van der Waals surface area contributed by atoms with Gasteiger partial charge in [-0.15, -0.1) is 0 Å². The number of allylic oxidation sites excluding steroid dienone is 4. The van der Waals surface area contributed by atoms with Crippen molar-refractivity contribution in [2.75, 3.05) is 5.32 Å². The van der Waals surface area contributed by atoms with E-state index in [4.69, 9.17) is 0 Å². The van der Waals surface area contributed by atoms with Crippen LogP contribution in [0.4, 0.5) is 11.4 Å². The molecule has 2 atom stereocenters. The van der Waals surface area contributed by atoms with Crippen LogP contribution >= 0.6 is 0 Å². The SMILES string of the molecule is CC1C=C(c2ccc3c(c2)c2cccc4c2n3-c2cc3ccccc3cc2-c2ccccc2-4)C=CC1c1ccc(Nc2cccc(-c3ccc(-c4ccccc4)cc3)c2)c(-c2ccccc2)c1.